The number of aromatic nitrogens is 2. The summed E-state index contributed by atoms with van der Waals surface area (Å²) in [6.45, 7) is 9.31. The number of hydrogen-bond donors (Lipinski definition) is 1. The maximum Gasteiger partial charge on any atom is 0.224 e. The first kappa shape index (κ1) is 25.3. The van der Waals surface area contributed by atoms with Crippen molar-refractivity contribution in [2.45, 2.75) is 52.1 Å². The third-order valence-corrected chi connectivity index (χ3v) is 6.42. The number of imidazole rings is 1. The van der Waals surface area contributed by atoms with E-state index in [2.05, 4.69) is 61.0 Å². The molecule has 0 aliphatic rings. The van der Waals surface area contributed by atoms with Crippen LogP contribution < -0.4 is 14.8 Å². The molecule has 0 saturated carbocycles. The van der Waals surface area contributed by atoms with Gasteiger partial charge in [0, 0.05) is 6.54 Å². The lowest BCUT2D eigenvalue weighted by atomic mass is 9.87. The van der Waals surface area contributed by atoms with E-state index in [0.29, 0.717) is 18.0 Å². The number of hydrogen-bond acceptors (Lipinski definition) is 4. The quantitative estimate of drug-likeness (QED) is 0.342. The number of nitrogens with one attached hydrogen (secondary N) is 1. The summed E-state index contributed by atoms with van der Waals surface area (Å²) in [6, 6.07) is 22.1. The lowest BCUT2D eigenvalue weighted by molar-refractivity contribution is -0.121. The molecule has 6 heteroatoms. The summed E-state index contributed by atoms with van der Waals surface area (Å²) in [7, 11) is 3.18. The minimum atomic E-state index is -0.265. The topological polar surface area (TPSA) is 65.4 Å². The zero-order valence-corrected chi connectivity index (χ0v) is 22.0. The third kappa shape index (κ3) is 5.54. The van der Waals surface area contributed by atoms with E-state index in [4.69, 9.17) is 14.5 Å². The lowest BCUT2D eigenvalue weighted by Gasteiger charge is -2.20. The molecule has 1 N–H and O–H groups in total. The Labute approximate surface area is 213 Å². The summed E-state index contributed by atoms with van der Waals surface area (Å²) in [5.41, 5.74) is 5.42. The molecule has 0 radical (unpaired) electrons. The first-order valence-electron chi connectivity index (χ1n) is 12.2. The fourth-order valence-electron chi connectivity index (χ4n) is 4.42. The van der Waals surface area contributed by atoms with Crippen LogP contribution in [-0.4, -0.2) is 29.7 Å². The van der Waals surface area contributed by atoms with Gasteiger partial charge in [0.05, 0.1) is 37.7 Å². The summed E-state index contributed by atoms with van der Waals surface area (Å²) in [6.07, 6.45) is 0.235. The van der Waals surface area contributed by atoms with Crippen LogP contribution in [0.15, 0.2) is 66.7 Å². The molecule has 4 rings (SSSR count). The van der Waals surface area contributed by atoms with Gasteiger partial charge in [-0.1, -0.05) is 63.2 Å². The standard InChI is InChI=1S/C30H35N3O3/c1-20(31-28(34)18-22-13-16-26(35-5)27(17-22)36-6)29-32-24-9-7-8-10-25(24)33(29)19-21-11-14-23(15-12-21)30(2,3)4/h7-17,20H,18-19H2,1-6H3,(H,31,34). The Morgan fingerprint density at radius 1 is 0.944 bits per heavy atom. The van der Waals surface area contributed by atoms with Crippen LogP contribution in [-0.2, 0) is 23.2 Å². The summed E-state index contributed by atoms with van der Waals surface area (Å²) in [5, 5.41) is 3.13. The summed E-state index contributed by atoms with van der Waals surface area (Å²) in [5.74, 6) is 1.99. The number of rotatable bonds is 8. The van der Waals surface area contributed by atoms with Crippen LogP contribution >= 0.6 is 0 Å². The second-order valence-corrected chi connectivity index (χ2v) is 10.1. The Kier molecular flexibility index (Phi) is 7.34. The molecule has 4 aromatic rings. The summed E-state index contributed by atoms with van der Waals surface area (Å²) in [4.78, 5) is 17.8. The van der Waals surface area contributed by atoms with Gasteiger partial charge in [0.15, 0.2) is 11.5 Å². The third-order valence-electron chi connectivity index (χ3n) is 6.42. The van der Waals surface area contributed by atoms with E-state index in [9.17, 15) is 4.79 Å². The molecule has 1 unspecified atom stereocenters. The molecule has 1 atom stereocenters. The highest BCUT2D eigenvalue weighted by atomic mass is 16.5. The van der Waals surface area contributed by atoms with Crippen LogP contribution in [0.4, 0.5) is 0 Å². The first-order chi connectivity index (χ1) is 17.2. The number of para-hydroxylation sites is 2. The Hall–Kier alpha value is -3.80. The van der Waals surface area contributed by atoms with Gasteiger partial charge in [-0.05, 0) is 53.3 Å². The van der Waals surface area contributed by atoms with Crippen molar-refractivity contribution < 1.29 is 14.3 Å². The minimum absolute atomic E-state index is 0.0807. The zero-order valence-electron chi connectivity index (χ0n) is 22.0. The van der Waals surface area contributed by atoms with Crippen LogP contribution in [0.2, 0.25) is 0 Å². The van der Waals surface area contributed by atoms with Gasteiger partial charge in [-0.3, -0.25) is 4.79 Å². The van der Waals surface area contributed by atoms with Gasteiger partial charge in [0.1, 0.15) is 5.82 Å². The van der Waals surface area contributed by atoms with Gasteiger partial charge in [-0.25, -0.2) is 4.98 Å². The average molecular weight is 486 g/mol. The Morgan fingerprint density at radius 2 is 1.61 bits per heavy atom. The molecule has 0 aliphatic heterocycles. The van der Waals surface area contributed by atoms with Crippen molar-refractivity contribution in [3.63, 3.8) is 0 Å². The number of carbonyl (C=O) groups excluding carboxylic acids is 1. The number of amides is 1. The molecule has 0 spiro atoms. The van der Waals surface area contributed by atoms with Crippen LogP contribution in [0.5, 0.6) is 11.5 Å². The largest absolute Gasteiger partial charge is 0.493 e. The van der Waals surface area contributed by atoms with E-state index < -0.39 is 0 Å². The second-order valence-electron chi connectivity index (χ2n) is 10.1. The molecule has 0 bridgehead atoms. The van der Waals surface area contributed by atoms with Crippen molar-refractivity contribution in [2.75, 3.05) is 14.2 Å². The maximum atomic E-state index is 12.9. The number of fused-ring (bicyclic) bond motifs is 1. The lowest BCUT2D eigenvalue weighted by Crippen LogP contribution is -2.30. The smallest absolute Gasteiger partial charge is 0.224 e. The molecular formula is C30H35N3O3. The Bertz CT molecular complexity index is 1350. The van der Waals surface area contributed by atoms with Crippen molar-refractivity contribution in [3.8, 4) is 11.5 Å². The predicted molar refractivity (Wildman–Crippen MR) is 144 cm³/mol. The first-order valence-corrected chi connectivity index (χ1v) is 12.2. The fraction of sp³-hybridized carbons (Fsp3) is 0.333. The number of benzene rings is 3. The van der Waals surface area contributed by atoms with E-state index in [-0.39, 0.29) is 23.8 Å². The highest BCUT2D eigenvalue weighted by Crippen LogP contribution is 2.28. The van der Waals surface area contributed by atoms with Crippen molar-refractivity contribution in [3.05, 3.63) is 89.2 Å². The van der Waals surface area contributed by atoms with E-state index >= 15 is 0 Å². The van der Waals surface area contributed by atoms with Gasteiger partial charge in [-0.2, -0.15) is 0 Å². The molecule has 1 amide bonds. The number of carbonyl (C=O) groups is 1. The van der Waals surface area contributed by atoms with Crippen molar-refractivity contribution in [1.29, 1.82) is 0 Å². The normalized spacial score (nSPS) is 12.4. The van der Waals surface area contributed by atoms with E-state index in [1.807, 2.05) is 43.3 Å². The van der Waals surface area contributed by atoms with Gasteiger partial charge in [0.2, 0.25) is 5.91 Å². The summed E-state index contributed by atoms with van der Waals surface area (Å²) >= 11 is 0. The molecule has 36 heavy (non-hydrogen) atoms. The van der Waals surface area contributed by atoms with E-state index in [0.717, 1.165) is 22.4 Å². The minimum Gasteiger partial charge on any atom is -0.493 e. The highest BCUT2D eigenvalue weighted by Gasteiger charge is 2.20. The van der Waals surface area contributed by atoms with Crippen molar-refractivity contribution in [2.24, 2.45) is 0 Å². The van der Waals surface area contributed by atoms with Crippen LogP contribution in [0.1, 0.15) is 56.3 Å². The molecule has 0 fully saturated rings. The average Bonchev–Trinajstić information content (AvgIpc) is 3.22. The van der Waals surface area contributed by atoms with Gasteiger partial charge in [0.25, 0.3) is 0 Å². The molecular weight excluding hydrogens is 450 g/mol. The Morgan fingerprint density at radius 3 is 2.28 bits per heavy atom. The van der Waals surface area contributed by atoms with Gasteiger partial charge >= 0.3 is 0 Å². The van der Waals surface area contributed by atoms with Gasteiger partial charge < -0.3 is 19.4 Å². The molecule has 0 saturated heterocycles. The second kappa shape index (κ2) is 10.4. The van der Waals surface area contributed by atoms with Gasteiger partial charge in [-0.15, -0.1) is 0 Å². The number of ether oxygens (including phenoxy) is 2. The summed E-state index contributed by atoms with van der Waals surface area (Å²) < 4.78 is 12.9. The molecule has 0 aliphatic carbocycles. The Balaban J connectivity index is 1.56. The molecule has 1 heterocycles. The molecule has 3 aromatic carbocycles. The van der Waals surface area contributed by atoms with Crippen LogP contribution in [0.3, 0.4) is 0 Å². The molecule has 6 nitrogen and oxygen atoms in total. The monoisotopic (exact) mass is 485 g/mol. The zero-order chi connectivity index (χ0) is 25.9. The number of nitrogens with zero attached hydrogens (tertiary/aromatic N) is 2. The van der Waals surface area contributed by atoms with E-state index in [1.54, 1.807) is 14.2 Å². The maximum absolute atomic E-state index is 12.9. The molecule has 188 valence electrons. The predicted octanol–water partition coefficient (Wildman–Crippen LogP) is 5.82. The highest BCUT2D eigenvalue weighted by molar-refractivity contribution is 5.80. The molecule has 1 aromatic heterocycles. The van der Waals surface area contributed by atoms with Crippen LogP contribution in [0, 0.1) is 0 Å². The van der Waals surface area contributed by atoms with E-state index in [1.165, 1.54) is 11.1 Å². The fourth-order valence-corrected chi connectivity index (χ4v) is 4.42. The van der Waals surface area contributed by atoms with Crippen LogP contribution in [0.25, 0.3) is 11.0 Å². The number of methoxy groups -OCH3 is 2. The van der Waals surface area contributed by atoms with Crippen molar-refractivity contribution >= 4 is 16.9 Å². The SMILES string of the molecule is COc1ccc(CC(=O)NC(C)c2nc3ccccc3n2Cc2ccc(C(C)(C)C)cc2)cc1OC. The van der Waals surface area contributed by atoms with Crippen molar-refractivity contribution in [1.82, 2.24) is 14.9 Å².